The zero-order valence-corrected chi connectivity index (χ0v) is 27.5. The van der Waals surface area contributed by atoms with Crippen LogP contribution < -0.4 is 10.6 Å². The average molecular weight is 627 g/mol. The van der Waals surface area contributed by atoms with Crippen LogP contribution in [0.4, 0.5) is 27.9 Å². The molecule has 4 heterocycles. The summed E-state index contributed by atoms with van der Waals surface area (Å²) in [7, 11) is 1.89. The summed E-state index contributed by atoms with van der Waals surface area (Å²) in [5, 5.41) is 23.7. The maximum atomic E-state index is 12.3. The molecule has 0 spiro atoms. The van der Waals surface area contributed by atoms with Crippen molar-refractivity contribution in [3.63, 3.8) is 0 Å². The third-order valence-electron chi connectivity index (χ3n) is 9.43. The summed E-state index contributed by atoms with van der Waals surface area (Å²) in [5.74, 6) is 1.25. The first kappa shape index (κ1) is 31.7. The minimum Gasteiger partial charge on any atom is -0.449 e. The Bertz CT molecular complexity index is 1670. The van der Waals surface area contributed by atoms with E-state index in [4.69, 9.17) is 14.8 Å². The molecule has 0 aliphatic carbocycles. The maximum Gasteiger partial charge on any atom is 0.409 e. The van der Waals surface area contributed by atoms with Crippen molar-refractivity contribution in [2.75, 3.05) is 43.4 Å². The molecule has 4 aromatic rings. The predicted molar refractivity (Wildman–Crippen MR) is 181 cm³/mol. The minimum atomic E-state index is -0.750. The van der Waals surface area contributed by atoms with Crippen molar-refractivity contribution in [2.45, 2.75) is 71.4 Å². The zero-order valence-electron chi connectivity index (χ0n) is 27.5. The van der Waals surface area contributed by atoms with Gasteiger partial charge in [0, 0.05) is 57.3 Å². The molecule has 2 aromatic carbocycles. The summed E-state index contributed by atoms with van der Waals surface area (Å²) in [6.45, 7) is 10.4. The first-order chi connectivity index (χ1) is 22.2. The first-order valence-corrected chi connectivity index (χ1v) is 16.5. The van der Waals surface area contributed by atoms with E-state index in [2.05, 4.69) is 77.7 Å². The standard InChI is InChI=1S/C35H46N8O3/c1-5-6-20-46-34(44)43-18-14-35(45,15-19-43)13-17-42-16-12-26-10-11-28(21-27(26)23-42)37-33-36-22-29-31(40-41(4)32(29)39-33)38-30-24(2)8-7-9-25(30)3/h7-11,21-22,45H,5-6,12-20,23H2,1-4H3,(H,38,40)(H,36,37,39). The summed E-state index contributed by atoms with van der Waals surface area (Å²) < 4.78 is 7.13. The van der Waals surface area contributed by atoms with Crippen LogP contribution in [0.1, 0.15) is 61.3 Å². The second-order valence-corrected chi connectivity index (χ2v) is 12.9. The minimum absolute atomic E-state index is 0.256. The van der Waals surface area contributed by atoms with Crippen molar-refractivity contribution in [1.82, 2.24) is 29.5 Å². The van der Waals surface area contributed by atoms with E-state index in [1.807, 2.05) is 13.2 Å². The fourth-order valence-corrected chi connectivity index (χ4v) is 6.45. The van der Waals surface area contributed by atoms with Crippen molar-refractivity contribution in [2.24, 2.45) is 7.05 Å². The molecule has 46 heavy (non-hydrogen) atoms. The van der Waals surface area contributed by atoms with E-state index in [0.29, 0.717) is 44.9 Å². The molecule has 244 valence electrons. The molecule has 11 heteroatoms. The van der Waals surface area contributed by atoms with Crippen molar-refractivity contribution < 1.29 is 14.6 Å². The van der Waals surface area contributed by atoms with Crippen LogP contribution in [0.25, 0.3) is 11.0 Å². The number of unbranched alkanes of at least 4 members (excludes halogenated alkanes) is 1. The molecule has 1 fully saturated rings. The van der Waals surface area contributed by atoms with Gasteiger partial charge in [0.05, 0.1) is 17.6 Å². The highest BCUT2D eigenvalue weighted by Gasteiger charge is 2.35. The number of aromatic nitrogens is 4. The molecule has 3 N–H and O–H groups in total. The van der Waals surface area contributed by atoms with Crippen LogP contribution in [0.2, 0.25) is 0 Å². The van der Waals surface area contributed by atoms with Gasteiger partial charge in [0.2, 0.25) is 5.95 Å². The van der Waals surface area contributed by atoms with Crippen molar-refractivity contribution in [1.29, 1.82) is 0 Å². The van der Waals surface area contributed by atoms with Gasteiger partial charge in [-0.05, 0) is 80.3 Å². The lowest BCUT2D eigenvalue weighted by Gasteiger charge is -2.39. The summed E-state index contributed by atoms with van der Waals surface area (Å²) in [6, 6.07) is 12.7. The van der Waals surface area contributed by atoms with Crippen LogP contribution in [0.3, 0.4) is 0 Å². The Hall–Kier alpha value is -4.22. The van der Waals surface area contributed by atoms with E-state index >= 15 is 0 Å². The van der Waals surface area contributed by atoms with E-state index < -0.39 is 5.60 Å². The van der Waals surface area contributed by atoms with Gasteiger partial charge in [-0.3, -0.25) is 4.90 Å². The molecule has 2 aromatic heterocycles. The molecule has 0 radical (unpaired) electrons. The number of benzene rings is 2. The highest BCUT2D eigenvalue weighted by atomic mass is 16.6. The van der Waals surface area contributed by atoms with Gasteiger partial charge in [0.1, 0.15) is 0 Å². The Morgan fingerprint density at radius 1 is 1.07 bits per heavy atom. The summed E-state index contributed by atoms with van der Waals surface area (Å²) in [5.41, 5.74) is 6.91. The molecule has 6 rings (SSSR count). The molecule has 0 unspecified atom stereocenters. The Morgan fingerprint density at radius 3 is 2.61 bits per heavy atom. The highest BCUT2D eigenvalue weighted by molar-refractivity contribution is 5.90. The molecule has 1 amide bonds. The molecular weight excluding hydrogens is 580 g/mol. The number of carbonyl (C=O) groups excluding carboxylic acids is 1. The second kappa shape index (κ2) is 13.6. The topological polar surface area (TPSA) is 121 Å². The number of ether oxygens (including phenoxy) is 1. The van der Waals surface area contributed by atoms with Gasteiger partial charge in [-0.2, -0.15) is 10.1 Å². The Balaban J connectivity index is 1.06. The predicted octanol–water partition coefficient (Wildman–Crippen LogP) is 5.98. The smallest absolute Gasteiger partial charge is 0.409 e. The number of nitrogens with one attached hydrogen (secondary N) is 2. The molecule has 0 atom stereocenters. The molecule has 2 aliphatic rings. The summed E-state index contributed by atoms with van der Waals surface area (Å²) >= 11 is 0. The number of anilines is 4. The van der Waals surface area contributed by atoms with Crippen LogP contribution in [0.5, 0.6) is 0 Å². The number of nitrogens with zero attached hydrogens (tertiary/aromatic N) is 6. The van der Waals surface area contributed by atoms with Gasteiger partial charge in [0.15, 0.2) is 11.5 Å². The molecule has 0 saturated carbocycles. The maximum absolute atomic E-state index is 12.3. The Morgan fingerprint density at radius 2 is 1.85 bits per heavy atom. The largest absolute Gasteiger partial charge is 0.449 e. The molecule has 11 nitrogen and oxygen atoms in total. The number of aliphatic hydroxyl groups is 1. The van der Waals surface area contributed by atoms with E-state index in [-0.39, 0.29) is 6.09 Å². The number of rotatable bonds is 10. The first-order valence-electron chi connectivity index (χ1n) is 16.5. The van der Waals surface area contributed by atoms with Crippen molar-refractivity contribution in [3.8, 4) is 0 Å². The van der Waals surface area contributed by atoms with Crippen LogP contribution in [0, 0.1) is 13.8 Å². The number of piperidine rings is 1. The molecular formula is C35H46N8O3. The molecule has 2 aliphatic heterocycles. The Labute approximate surface area is 271 Å². The number of amides is 1. The monoisotopic (exact) mass is 626 g/mol. The Kier molecular flexibility index (Phi) is 9.42. The zero-order chi connectivity index (χ0) is 32.3. The van der Waals surface area contributed by atoms with Gasteiger partial charge < -0.3 is 25.4 Å². The number of fused-ring (bicyclic) bond motifs is 2. The van der Waals surface area contributed by atoms with E-state index in [1.165, 1.54) is 11.1 Å². The number of likely N-dealkylation sites (tertiary alicyclic amines) is 1. The summed E-state index contributed by atoms with van der Waals surface area (Å²) in [6.07, 6.45) is 6.26. The van der Waals surface area contributed by atoms with Crippen molar-refractivity contribution >= 4 is 40.3 Å². The van der Waals surface area contributed by atoms with E-state index in [0.717, 1.165) is 78.2 Å². The lowest BCUT2D eigenvalue weighted by atomic mass is 9.87. The normalized spacial score (nSPS) is 16.3. The number of hydrogen-bond acceptors (Lipinski definition) is 9. The number of para-hydroxylation sites is 1. The number of hydrogen-bond donors (Lipinski definition) is 3. The van der Waals surface area contributed by atoms with Crippen molar-refractivity contribution in [3.05, 3.63) is 64.8 Å². The fourth-order valence-electron chi connectivity index (χ4n) is 6.45. The van der Waals surface area contributed by atoms with Crippen LogP contribution >= 0.6 is 0 Å². The van der Waals surface area contributed by atoms with E-state index in [9.17, 15) is 9.90 Å². The van der Waals surface area contributed by atoms with Gasteiger partial charge >= 0.3 is 6.09 Å². The van der Waals surface area contributed by atoms with Gasteiger partial charge in [-0.25, -0.2) is 14.5 Å². The number of carbonyl (C=O) groups is 1. The van der Waals surface area contributed by atoms with Gasteiger partial charge in [-0.1, -0.05) is 37.6 Å². The molecule has 0 bridgehead atoms. The lowest BCUT2D eigenvalue weighted by Crippen LogP contribution is -2.48. The molecule has 1 saturated heterocycles. The van der Waals surface area contributed by atoms with Crippen LogP contribution in [0.15, 0.2) is 42.6 Å². The summed E-state index contributed by atoms with van der Waals surface area (Å²) in [4.78, 5) is 25.9. The van der Waals surface area contributed by atoms with Gasteiger partial charge in [-0.15, -0.1) is 0 Å². The van der Waals surface area contributed by atoms with Crippen LogP contribution in [-0.4, -0.2) is 79.1 Å². The second-order valence-electron chi connectivity index (χ2n) is 12.9. The van der Waals surface area contributed by atoms with Crippen LogP contribution in [-0.2, 0) is 24.8 Å². The van der Waals surface area contributed by atoms with E-state index in [1.54, 1.807) is 9.58 Å². The van der Waals surface area contributed by atoms with Gasteiger partial charge in [0.25, 0.3) is 0 Å². The average Bonchev–Trinajstić information content (AvgIpc) is 3.36. The highest BCUT2D eigenvalue weighted by Crippen LogP contribution is 2.31. The third kappa shape index (κ3) is 7.10. The number of aryl methyl sites for hydroxylation is 3. The SMILES string of the molecule is CCCCOC(=O)N1CCC(O)(CCN2CCc3ccc(Nc4ncc5c(Nc6c(C)cccc6C)nn(C)c5n4)cc3C2)CC1. The lowest BCUT2D eigenvalue weighted by molar-refractivity contribution is -0.0327. The quantitative estimate of drug-likeness (QED) is 0.183. The fraction of sp³-hybridized carbons (Fsp3) is 0.486. The third-order valence-corrected chi connectivity index (χ3v) is 9.43.